The predicted molar refractivity (Wildman–Crippen MR) is 82.2 cm³/mol. The van der Waals surface area contributed by atoms with Gasteiger partial charge in [-0.05, 0) is 30.4 Å². The van der Waals surface area contributed by atoms with E-state index in [2.05, 4.69) is 5.32 Å². The fourth-order valence-corrected chi connectivity index (χ4v) is 4.08. The molecule has 0 bridgehead atoms. The fraction of sp³-hybridized carbons (Fsp3) is 0.588. The lowest BCUT2D eigenvalue weighted by atomic mass is 9.93. The van der Waals surface area contributed by atoms with Gasteiger partial charge in [-0.3, -0.25) is 0 Å². The van der Waals surface area contributed by atoms with Crippen LogP contribution in [0.25, 0.3) is 0 Å². The van der Waals surface area contributed by atoms with Crippen molar-refractivity contribution in [2.45, 2.75) is 43.7 Å². The van der Waals surface area contributed by atoms with Crippen molar-refractivity contribution in [3.05, 3.63) is 35.4 Å². The Labute approximate surface area is 134 Å². The van der Waals surface area contributed by atoms with Gasteiger partial charge < -0.3 is 16.0 Å². The van der Waals surface area contributed by atoms with E-state index in [-0.39, 0.29) is 24.5 Å². The number of halogens is 2. The summed E-state index contributed by atoms with van der Waals surface area (Å²) in [6.45, 7) is 0.798. The first-order valence-corrected chi connectivity index (χ1v) is 8.19. The largest absolute Gasteiger partial charge is 0.333 e. The predicted octanol–water partition coefficient (Wildman–Crippen LogP) is 2.44. The van der Waals surface area contributed by atoms with Gasteiger partial charge >= 0.3 is 6.03 Å². The summed E-state index contributed by atoms with van der Waals surface area (Å²) < 4.78 is 26.8. The van der Waals surface area contributed by atoms with Gasteiger partial charge in [0.05, 0.1) is 12.1 Å². The van der Waals surface area contributed by atoms with E-state index in [0.29, 0.717) is 25.9 Å². The highest BCUT2D eigenvalue weighted by Gasteiger charge is 2.70. The summed E-state index contributed by atoms with van der Waals surface area (Å²) in [5.41, 5.74) is 7.64. The zero-order chi connectivity index (χ0) is 16.2. The highest BCUT2D eigenvalue weighted by Crippen LogP contribution is 2.65. The van der Waals surface area contributed by atoms with Gasteiger partial charge in [-0.25, -0.2) is 13.6 Å². The number of hydrogen-bond donors (Lipinski definition) is 2. The third kappa shape index (κ3) is 2.31. The van der Waals surface area contributed by atoms with Crippen LogP contribution in [0.3, 0.4) is 0 Å². The molecule has 23 heavy (non-hydrogen) atoms. The number of piperidine rings is 1. The summed E-state index contributed by atoms with van der Waals surface area (Å²) in [6.07, 6.45) is 1.49. The zero-order valence-corrected chi connectivity index (χ0v) is 12.9. The summed E-state index contributed by atoms with van der Waals surface area (Å²) in [7, 11) is 0. The lowest BCUT2D eigenvalue weighted by Gasteiger charge is -2.33. The molecular formula is C17H21F2N3O. The number of carbonyl (C=O) groups is 1. The van der Waals surface area contributed by atoms with Crippen molar-refractivity contribution in [1.82, 2.24) is 10.2 Å². The van der Waals surface area contributed by atoms with Gasteiger partial charge in [-0.15, -0.1) is 0 Å². The number of nitrogens with two attached hydrogens (primary N) is 1. The molecule has 1 aromatic carbocycles. The van der Waals surface area contributed by atoms with Crippen LogP contribution in [0.4, 0.5) is 13.6 Å². The minimum atomic E-state index is -2.52. The molecule has 0 aromatic heterocycles. The standard InChI is InChI=1S/C17H21F2N3O/c18-17(19)10-16(17)5-7-22(8-6-16)15(23)21-13-9-11-3-1-2-4-12(11)14(13)20/h1-4,13-14H,5-10,20H2,(H,21,23)/t13-,14-/m1/s1. The maximum atomic E-state index is 13.4. The summed E-state index contributed by atoms with van der Waals surface area (Å²) in [5, 5.41) is 2.99. The number of nitrogens with one attached hydrogen (secondary N) is 1. The van der Waals surface area contributed by atoms with E-state index in [4.69, 9.17) is 5.73 Å². The average molecular weight is 321 g/mol. The van der Waals surface area contributed by atoms with Crippen molar-refractivity contribution in [2.75, 3.05) is 13.1 Å². The van der Waals surface area contributed by atoms with Crippen LogP contribution in [0.2, 0.25) is 0 Å². The molecule has 1 aromatic rings. The molecule has 0 unspecified atom stereocenters. The number of nitrogens with zero attached hydrogens (tertiary/aromatic N) is 1. The number of fused-ring (bicyclic) bond motifs is 1. The van der Waals surface area contributed by atoms with Crippen LogP contribution in [-0.2, 0) is 6.42 Å². The molecule has 1 heterocycles. The first kappa shape index (κ1) is 14.9. The number of benzene rings is 1. The van der Waals surface area contributed by atoms with Crippen LogP contribution in [0.15, 0.2) is 24.3 Å². The quantitative estimate of drug-likeness (QED) is 0.835. The van der Waals surface area contributed by atoms with E-state index in [1.165, 1.54) is 5.56 Å². The second-order valence-corrected chi connectivity index (χ2v) is 7.13. The van der Waals surface area contributed by atoms with Gasteiger partial charge in [0, 0.05) is 24.9 Å². The molecular weight excluding hydrogens is 300 g/mol. The minimum Gasteiger partial charge on any atom is -0.333 e. The second-order valence-electron chi connectivity index (χ2n) is 7.13. The Morgan fingerprint density at radius 2 is 1.91 bits per heavy atom. The number of amides is 2. The molecule has 4 rings (SSSR count). The van der Waals surface area contributed by atoms with Gasteiger partial charge in [-0.1, -0.05) is 24.3 Å². The van der Waals surface area contributed by atoms with Crippen molar-refractivity contribution >= 4 is 6.03 Å². The summed E-state index contributed by atoms with van der Waals surface area (Å²) in [6, 6.07) is 7.42. The van der Waals surface area contributed by atoms with Crippen LogP contribution >= 0.6 is 0 Å². The molecule has 1 aliphatic heterocycles. The first-order valence-electron chi connectivity index (χ1n) is 8.19. The first-order chi connectivity index (χ1) is 10.9. The molecule has 1 saturated heterocycles. The van der Waals surface area contributed by atoms with Crippen molar-refractivity contribution < 1.29 is 13.6 Å². The molecule has 2 aliphatic carbocycles. The van der Waals surface area contributed by atoms with E-state index in [1.54, 1.807) is 4.90 Å². The fourth-order valence-electron chi connectivity index (χ4n) is 4.08. The van der Waals surface area contributed by atoms with Crippen molar-refractivity contribution in [2.24, 2.45) is 11.1 Å². The van der Waals surface area contributed by atoms with Crippen molar-refractivity contribution in [3.63, 3.8) is 0 Å². The highest BCUT2D eigenvalue weighted by molar-refractivity contribution is 5.75. The van der Waals surface area contributed by atoms with Crippen LogP contribution in [0.5, 0.6) is 0 Å². The van der Waals surface area contributed by atoms with E-state index >= 15 is 0 Å². The van der Waals surface area contributed by atoms with Gasteiger partial charge in [0.2, 0.25) is 0 Å². The molecule has 3 aliphatic rings. The number of hydrogen-bond acceptors (Lipinski definition) is 2. The van der Waals surface area contributed by atoms with Crippen molar-refractivity contribution in [3.8, 4) is 0 Å². The minimum absolute atomic E-state index is 0.0156. The van der Waals surface area contributed by atoms with E-state index in [1.807, 2.05) is 24.3 Å². The van der Waals surface area contributed by atoms with Gasteiger partial charge in [0.15, 0.2) is 0 Å². The smallest absolute Gasteiger partial charge is 0.317 e. The van der Waals surface area contributed by atoms with E-state index in [0.717, 1.165) is 12.0 Å². The van der Waals surface area contributed by atoms with Gasteiger partial charge in [0.25, 0.3) is 5.92 Å². The van der Waals surface area contributed by atoms with Crippen LogP contribution in [0.1, 0.15) is 36.4 Å². The summed E-state index contributed by atoms with van der Waals surface area (Å²) >= 11 is 0. The SMILES string of the molecule is N[C@@H]1c2ccccc2C[C@H]1NC(=O)N1CCC2(CC1)CC2(F)F. The molecule has 0 radical (unpaired) electrons. The number of likely N-dealkylation sites (tertiary alicyclic amines) is 1. The Morgan fingerprint density at radius 3 is 2.52 bits per heavy atom. The average Bonchev–Trinajstić information content (AvgIpc) is 2.90. The molecule has 3 N–H and O–H groups in total. The van der Waals surface area contributed by atoms with Gasteiger partial charge in [0.1, 0.15) is 0 Å². The highest BCUT2D eigenvalue weighted by atomic mass is 19.3. The number of rotatable bonds is 1. The number of alkyl halides is 2. The van der Waals surface area contributed by atoms with Crippen LogP contribution in [-0.4, -0.2) is 36.0 Å². The zero-order valence-electron chi connectivity index (χ0n) is 12.9. The maximum absolute atomic E-state index is 13.4. The normalized spacial score (nSPS) is 30.1. The molecule has 2 amide bonds. The van der Waals surface area contributed by atoms with Crippen LogP contribution < -0.4 is 11.1 Å². The lowest BCUT2D eigenvalue weighted by Crippen LogP contribution is -2.50. The third-order valence-corrected chi connectivity index (χ3v) is 5.82. The van der Waals surface area contributed by atoms with Crippen LogP contribution in [0, 0.1) is 5.41 Å². The summed E-state index contributed by atoms with van der Waals surface area (Å²) in [5.74, 6) is -2.52. The monoisotopic (exact) mass is 321 g/mol. The number of urea groups is 1. The molecule has 4 nitrogen and oxygen atoms in total. The molecule has 1 spiro atoms. The Bertz CT molecular complexity index is 640. The Kier molecular flexibility index (Phi) is 3.17. The molecule has 2 atom stereocenters. The molecule has 6 heteroatoms. The molecule has 124 valence electrons. The second kappa shape index (κ2) is 4.90. The third-order valence-electron chi connectivity index (χ3n) is 5.82. The Morgan fingerprint density at radius 1 is 1.26 bits per heavy atom. The van der Waals surface area contributed by atoms with E-state index < -0.39 is 11.3 Å². The number of carbonyl (C=O) groups excluding carboxylic acids is 1. The van der Waals surface area contributed by atoms with Crippen molar-refractivity contribution in [1.29, 1.82) is 0 Å². The maximum Gasteiger partial charge on any atom is 0.317 e. The van der Waals surface area contributed by atoms with Gasteiger partial charge in [-0.2, -0.15) is 0 Å². The topological polar surface area (TPSA) is 58.4 Å². The summed E-state index contributed by atoms with van der Waals surface area (Å²) in [4.78, 5) is 14.1. The van der Waals surface area contributed by atoms with E-state index in [9.17, 15) is 13.6 Å². The molecule has 1 saturated carbocycles. The Balaban J connectivity index is 1.35. The molecule has 2 fully saturated rings. The lowest BCUT2D eigenvalue weighted by molar-refractivity contribution is 0.0368. The Hall–Kier alpha value is -1.69.